The molecule has 3 aromatic rings. The van der Waals surface area contributed by atoms with Crippen molar-refractivity contribution in [1.29, 1.82) is 0 Å². The topological polar surface area (TPSA) is 111 Å². The number of nitrogens with one attached hydrogen (secondary N) is 3. The van der Waals surface area contributed by atoms with Crippen LogP contribution in [0.2, 0.25) is 0 Å². The van der Waals surface area contributed by atoms with Crippen molar-refractivity contribution in [3.05, 3.63) is 53.8 Å². The Labute approximate surface area is 177 Å². The van der Waals surface area contributed by atoms with Crippen LogP contribution in [0.4, 0.5) is 0 Å². The minimum atomic E-state index is -0.573. The molecule has 0 spiro atoms. The van der Waals surface area contributed by atoms with E-state index < -0.39 is 11.8 Å². The molecule has 1 heterocycles. The average Bonchev–Trinajstić information content (AvgIpc) is 3.20. The Balaban J connectivity index is 1.63. The van der Waals surface area contributed by atoms with Gasteiger partial charge in [0.15, 0.2) is 10.9 Å². The van der Waals surface area contributed by atoms with Crippen molar-refractivity contribution in [2.75, 3.05) is 21.3 Å². The maximum absolute atomic E-state index is 12.6. The standard InChI is InChI=1S/C20H19N3O6S/c1-26-12-7-8-13-11(9-12)10-16(29-13)18(24)22-23-20(30)21-19(25)17-14(27-2)5-4-6-15(17)28-3/h4-10H,1-3H3,(H,22,24)(H2,21,23,25,30). The molecule has 0 aliphatic heterocycles. The van der Waals surface area contributed by atoms with Crippen LogP contribution in [0.3, 0.4) is 0 Å². The van der Waals surface area contributed by atoms with Gasteiger partial charge >= 0.3 is 5.91 Å². The maximum Gasteiger partial charge on any atom is 0.305 e. The number of hydrogen-bond acceptors (Lipinski definition) is 7. The van der Waals surface area contributed by atoms with Gasteiger partial charge in [-0.1, -0.05) is 6.07 Å². The summed E-state index contributed by atoms with van der Waals surface area (Å²) < 4.78 is 21.0. The Kier molecular flexibility index (Phi) is 6.38. The molecule has 0 unspecified atom stereocenters. The third kappa shape index (κ3) is 4.44. The molecule has 0 bridgehead atoms. The van der Waals surface area contributed by atoms with E-state index in [0.29, 0.717) is 28.2 Å². The maximum atomic E-state index is 12.6. The Bertz CT molecular complexity index is 1090. The highest BCUT2D eigenvalue weighted by molar-refractivity contribution is 7.80. The predicted molar refractivity (Wildman–Crippen MR) is 113 cm³/mol. The number of methoxy groups -OCH3 is 3. The van der Waals surface area contributed by atoms with E-state index in [0.717, 1.165) is 0 Å². The van der Waals surface area contributed by atoms with Gasteiger partial charge in [0.05, 0.1) is 21.3 Å². The van der Waals surface area contributed by atoms with Crippen LogP contribution >= 0.6 is 12.2 Å². The number of carbonyl (C=O) groups is 2. The van der Waals surface area contributed by atoms with Gasteiger partial charge in [0.25, 0.3) is 5.91 Å². The lowest BCUT2D eigenvalue weighted by atomic mass is 10.1. The van der Waals surface area contributed by atoms with Gasteiger partial charge in [-0.05, 0) is 48.6 Å². The molecule has 156 valence electrons. The molecule has 3 N–H and O–H groups in total. The van der Waals surface area contributed by atoms with Gasteiger partial charge in [-0.2, -0.15) is 0 Å². The first kappa shape index (κ1) is 20.9. The molecule has 0 radical (unpaired) electrons. The largest absolute Gasteiger partial charge is 0.497 e. The predicted octanol–water partition coefficient (Wildman–Crippen LogP) is 2.41. The van der Waals surface area contributed by atoms with Crippen LogP contribution in [0.1, 0.15) is 20.9 Å². The van der Waals surface area contributed by atoms with Crippen LogP contribution in [-0.4, -0.2) is 38.3 Å². The molecule has 1 aromatic heterocycles. The van der Waals surface area contributed by atoms with Gasteiger partial charge in [-0.15, -0.1) is 0 Å². The van der Waals surface area contributed by atoms with Gasteiger partial charge < -0.3 is 18.6 Å². The molecular weight excluding hydrogens is 410 g/mol. The molecular formula is C20H19N3O6S. The lowest BCUT2D eigenvalue weighted by Crippen LogP contribution is -2.48. The van der Waals surface area contributed by atoms with E-state index in [1.54, 1.807) is 49.6 Å². The van der Waals surface area contributed by atoms with E-state index in [2.05, 4.69) is 16.2 Å². The highest BCUT2D eigenvalue weighted by Gasteiger charge is 2.19. The Hall–Kier alpha value is -3.79. The SMILES string of the molecule is COc1ccc2oc(C(=O)NNC(=S)NC(=O)c3c(OC)cccc3OC)cc2c1. The quantitative estimate of drug-likeness (QED) is 0.419. The van der Waals surface area contributed by atoms with Crippen LogP contribution in [0, 0.1) is 0 Å². The fourth-order valence-electron chi connectivity index (χ4n) is 2.71. The van der Waals surface area contributed by atoms with Crippen LogP contribution in [-0.2, 0) is 0 Å². The molecule has 10 heteroatoms. The van der Waals surface area contributed by atoms with E-state index in [9.17, 15) is 9.59 Å². The lowest BCUT2D eigenvalue weighted by molar-refractivity contribution is 0.0911. The zero-order valence-corrected chi connectivity index (χ0v) is 17.2. The Morgan fingerprint density at radius 1 is 0.900 bits per heavy atom. The summed E-state index contributed by atoms with van der Waals surface area (Å²) in [6.07, 6.45) is 0. The number of amides is 2. The second-order valence-corrected chi connectivity index (χ2v) is 6.32. The van der Waals surface area contributed by atoms with E-state index in [4.69, 9.17) is 30.8 Å². The van der Waals surface area contributed by atoms with E-state index in [-0.39, 0.29) is 16.4 Å². The zero-order chi connectivity index (χ0) is 21.7. The summed E-state index contributed by atoms with van der Waals surface area (Å²) in [5, 5.41) is 3.03. The highest BCUT2D eigenvalue weighted by atomic mass is 32.1. The smallest absolute Gasteiger partial charge is 0.305 e. The number of hydrazine groups is 1. The number of benzene rings is 2. The fraction of sp³-hybridized carbons (Fsp3) is 0.150. The van der Waals surface area contributed by atoms with Crippen molar-refractivity contribution >= 4 is 40.1 Å². The summed E-state index contributed by atoms with van der Waals surface area (Å²) in [5.74, 6) is 0.201. The van der Waals surface area contributed by atoms with E-state index >= 15 is 0 Å². The summed E-state index contributed by atoms with van der Waals surface area (Å²) in [6, 6.07) is 11.7. The number of furan rings is 1. The van der Waals surface area contributed by atoms with Crippen molar-refractivity contribution in [2.45, 2.75) is 0 Å². The second kappa shape index (κ2) is 9.14. The summed E-state index contributed by atoms with van der Waals surface area (Å²) in [6.45, 7) is 0. The Morgan fingerprint density at radius 2 is 1.60 bits per heavy atom. The third-order valence-corrected chi connectivity index (χ3v) is 4.32. The first-order valence-electron chi connectivity index (χ1n) is 8.67. The van der Waals surface area contributed by atoms with Crippen molar-refractivity contribution in [1.82, 2.24) is 16.2 Å². The minimum Gasteiger partial charge on any atom is -0.497 e. The van der Waals surface area contributed by atoms with Crippen molar-refractivity contribution < 1.29 is 28.2 Å². The van der Waals surface area contributed by atoms with Gasteiger partial charge in [0.2, 0.25) is 0 Å². The monoisotopic (exact) mass is 429 g/mol. The van der Waals surface area contributed by atoms with Crippen LogP contribution in [0.25, 0.3) is 11.0 Å². The molecule has 0 saturated carbocycles. The molecule has 2 amide bonds. The minimum absolute atomic E-state index is 0.0614. The Morgan fingerprint density at radius 3 is 2.23 bits per heavy atom. The first-order chi connectivity index (χ1) is 14.5. The molecule has 0 saturated heterocycles. The number of carbonyl (C=O) groups excluding carboxylic acids is 2. The number of fused-ring (bicyclic) bond motifs is 1. The van der Waals surface area contributed by atoms with Gasteiger partial charge in [0, 0.05) is 5.39 Å². The highest BCUT2D eigenvalue weighted by Crippen LogP contribution is 2.28. The summed E-state index contributed by atoms with van der Waals surface area (Å²) in [4.78, 5) is 24.9. The molecule has 9 nitrogen and oxygen atoms in total. The van der Waals surface area contributed by atoms with Gasteiger partial charge in [-0.3, -0.25) is 25.8 Å². The zero-order valence-electron chi connectivity index (χ0n) is 16.4. The van der Waals surface area contributed by atoms with Gasteiger partial charge in [0.1, 0.15) is 28.4 Å². The molecule has 0 aliphatic rings. The molecule has 0 atom stereocenters. The number of rotatable bonds is 5. The van der Waals surface area contributed by atoms with Crippen molar-refractivity contribution in [3.8, 4) is 17.2 Å². The van der Waals surface area contributed by atoms with Crippen LogP contribution in [0.15, 0.2) is 46.9 Å². The average molecular weight is 429 g/mol. The van der Waals surface area contributed by atoms with E-state index in [1.807, 2.05) is 0 Å². The summed E-state index contributed by atoms with van der Waals surface area (Å²) in [5.41, 5.74) is 5.53. The summed E-state index contributed by atoms with van der Waals surface area (Å²) >= 11 is 5.07. The second-order valence-electron chi connectivity index (χ2n) is 5.91. The molecule has 3 rings (SSSR count). The number of hydrogen-bond donors (Lipinski definition) is 3. The van der Waals surface area contributed by atoms with Crippen molar-refractivity contribution in [2.24, 2.45) is 0 Å². The fourth-order valence-corrected chi connectivity index (χ4v) is 2.85. The van der Waals surface area contributed by atoms with Crippen molar-refractivity contribution in [3.63, 3.8) is 0 Å². The molecule has 2 aromatic carbocycles. The first-order valence-corrected chi connectivity index (χ1v) is 9.08. The van der Waals surface area contributed by atoms with Gasteiger partial charge in [-0.25, -0.2) is 0 Å². The molecule has 0 aliphatic carbocycles. The normalized spacial score (nSPS) is 10.2. The number of thiocarbonyl (C=S) groups is 1. The van der Waals surface area contributed by atoms with E-state index in [1.165, 1.54) is 14.2 Å². The molecule has 0 fully saturated rings. The van der Waals surface area contributed by atoms with Crippen LogP contribution < -0.4 is 30.4 Å². The van der Waals surface area contributed by atoms with Crippen LogP contribution in [0.5, 0.6) is 17.2 Å². The molecule has 30 heavy (non-hydrogen) atoms. The summed E-state index contributed by atoms with van der Waals surface area (Å²) in [7, 11) is 4.42. The third-order valence-electron chi connectivity index (χ3n) is 4.12. The number of ether oxygens (including phenoxy) is 3. The lowest BCUT2D eigenvalue weighted by Gasteiger charge is -2.14.